The molecule has 99 heavy (non-hydrogen) atoms. The predicted molar refractivity (Wildman–Crippen MR) is 405 cm³/mol. The summed E-state index contributed by atoms with van der Waals surface area (Å²) in [5, 5.41) is 10.6. The van der Waals surface area contributed by atoms with Gasteiger partial charge in [0.1, 0.15) is 19.3 Å². The molecule has 19 heteroatoms. The molecular weight excluding hydrogens is 1290 g/mol. The van der Waals surface area contributed by atoms with Crippen LogP contribution in [0, 0.1) is 5.92 Å². The van der Waals surface area contributed by atoms with Crippen LogP contribution in [0.3, 0.4) is 0 Å². The van der Waals surface area contributed by atoms with Gasteiger partial charge in [-0.3, -0.25) is 37.3 Å². The lowest BCUT2D eigenvalue weighted by Gasteiger charge is -2.21. The number of carbonyl (C=O) groups is 4. The highest BCUT2D eigenvalue weighted by Crippen LogP contribution is 2.45. The minimum absolute atomic E-state index is 0.107. The van der Waals surface area contributed by atoms with E-state index in [1.807, 2.05) is 0 Å². The number of carbonyl (C=O) groups excluding carboxylic acids is 4. The van der Waals surface area contributed by atoms with Crippen LogP contribution >= 0.6 is 15.6 Å². The number of aliphatic hydroxyl groups is 1. The molecule has 17 nitrogen and oxygen atoms in total. The van der Waals surface area contributed by atoms with E-state index >= 15 is 0 Å². The molecule has 0 radical (unpaired) electrons. The summed E-state index contributed by atoms with van der Waals surface area (Å²) in [4.78, 5) is 72.9. The van der Waals surface area contributed by atoms with Gasteiger partial charge in [-0.2, -0.15) is 0 Å². The van der Waals surface area contributed by atoms with Gasteiger partial charge in [0.15, 0.2) is 12.2 Å². The number of hydrogen-bond acceptors (Lipinski definition) is 15. The van der Waals surface area contributed by atoms with Gasteiger partial charge in [-0.05, 0) is 31.6 Å². The molecule has 0 heterocycles. The molecule has 0 aromatic rings. The summed E-state index contributed by atoms with van der Waals surface area (Å²) in [6.45, 7) is 7.27. The Labute approximate surface area is 607 Å². The third-order valence-corrected chi connectivity index (χ3v) is 20.7. The van der Waals surface area contributed by atoms with Crippen LogP contribution in [-0.4, -0.2) is 96.7 Å². The number of hydrogen-bond donors (Lipinski definition) is 3. The summed E-state index contributed by atoms with van der Waals surface area (Å²) >= 11 is 0. The van der Waals surface area contributed by atoms with Gasteiger partial charge in [-0.25, -0.2) is 9.13 Å². The topological polar surface area (TPSA) is 237 Å². The van der Waals surface area contributed by atoms with Crippen molar-refractivity contribution in [1.82, 2.24) is 0 Å². The molecule has 0 fully saturated rings. The highest BCUT2D eigenvalue weighted by molar-refractivity contribution is 7.47. The molecule has 0 aromatic heterocycles. The van der Waals surface area contributed by atoms with E-state index in [9.17, 15) is 43.2 Å². The normalized spacial score (nSPS) is 13.9. The molecule has 0 aliphatic rings. The second-order valence-corrected chi connectivity index (χ2v) is 32.2. The van der Waals surface area contributed by atoms with Gasteiger partial charge in [-0.1, -0.05) is 375 Å². The maximum Gasteiger partial charge on any atom is 0.472 e. The van der Waals surface area contributed by atoms with Gasteiger partial charge in [-0.15, -0.1) is 0 Å². The van der Waals surface area contributed by atoms with E-state index in [0.717, 1.165) is 96.3 Å². The molecule has 0 rings (SSSR count). The summed E-state index contributed by atoms with van der Waals surface area (Å²) in [7, 11) is -9.91. The zero-order chi connectivity index (χ0) is 72.7. The third kappa shape index (κ3) is 74.1. The van der Waals surface area contributed by atoms with Crippen LogP contribution in [0.5, 0.6) is 0 Å². The second-order valence-electron chi connectivity index (χ2n) is 29.3. The first-order chi connectivity index (χ1) is 48.0. The third-order valence-electron chi connectivity index (χ3n) is 18.8. The van der Waals surface area contributed by atoms with Crippen LogP contribution in [0.4, 0.5) is 0 Å². The number of phosphoric ester groups is 2. The smallest absolute Gasteiger partial charge is 0.462 e. The van der Waals surface area contributed by atoms with Crippen LogP contribution in [0.2, 0.25) is 0 Å². The van der Waals surface area contributed by atoms with Crippen molar-refractivity contribution in [3.05, 3.63) is 0 Å². The number of phosphoric acid groups is 2. The van der Waals surface area contributed by atoms with Crippen molar-refractivity contribution in [2.24, 2.45) is 5.92 Å². The van der Waals surface area contributed by atoms with Crippen LogP contribution in [0.15, 0.2) is 0 Å². The molecule has 0 amide bonds. The van der Waals surface area contributed by atoms with Crippen LogP contribution in [0.25, 0.3) is 0 Å². The minimum atomic E-state index is -4.96. The van der Waals surface area contributed by atoms with Crippen molar-refractivity contribution >= 4 is 39.5 Å². The van der Waals surface area contributed by atoms with Crippen molar-refractivity contribution in [3.63, 3.8) is 0 Å². The molecule has 0 saturated heterocycles. The number of ether oxygens (including phenoxy) is 4. The summed E-state index contributed by atoms with van der Waals surface area (Å²) in [6.07, 6.45) is 63.9. The molecule has 0 saturated carbocycles. The van der Waals surface area contributed by atoms with Gasteiger partial charge >= 0.3 is 39.5 Å². The zero-order valence-electron chi connectivity index (χ0n) is 64.6. The molecule has 2 unspecified atom stereocenters. The van der Waals surface area contributed by atoms with Crippen molar-refractivity contribution in [1.29, 1.82) is 0 Å². The van der Waals surface area contributed by atoms with E-state index in [0.29, 0.717) is 31.6 Å². The molecule has 588 valence electrons. The summed E-state index contributed by atoms with van der Waals surface area (Å²) in [5.74, 6) is -1.40. The Kier molecular flexibility index (Phi) is 71.6. The summed E-state index contributed by atoms with van der Waals surface area (Å²) < 4.78 is 68.6. The fraction of sp³-hybridized carbons (Fsp3) is 0.950. The van der Waals surface area contributed by atoms with Crippen molar-refractivity contribution in [2.75, 3.05) is 39.6 Å². The Bertz CT molecular complexity index is 1890. The van der Waals surface area contributed by atoms with Gasteiger partial charge < -0.3 is 33.8 Å². The number of esters is 4. The average molecular weight is 1450 g/mol. The highest BCUT2D eigenvalue weighted by Gasteiger charge is 2.30. The highest BCUT2D eigenvalue weighted by atomic mass is 31.2. The van der Waals surface area contributed by atoms with E-state index in [2.05, 4.69) is 34.6 Å². The summed E-state index contributed by atoms with van der Waals surface area (Å²) in [6, 6.07) is 0. The largest absolute Gasteiger partial charge is 0.472 e. The van der Waals surface area contributed by atoms with Gasteiger partial charge in [0.2, 0.25) is 0 Å². The van der Waals surface area contributed by atoms with E-state index in [-0.39, 0.29) is 25.7 Å². The van der Waals surface area contributed by atoms with Crippen LogP contribution in [0.1, 0.15) is 426 Å². The first kappa shape index (κ1) is 97.1. The molecule has 0 bridgehead atoms. The van der Waals surface area contributed by atoms with Crippen LogP contribution < -0.4 is 0 Å². The second kappa shape index (κ2) is 73.0. The fourth-order valence-electron chi connectivity index (χ4n) is 12.4. The Balaban J connectivity index is 5.22. The number of aliphatic hydroxyl groups excluding tert-OH is 1. The van der Waals surface area contributed by atoms with E-state index in [1.165, 1.54) is 244 Å². The van der Waals surface area contributed by atoms with Crippen LogP contribution in [-0.2, 0) is 65.4 Å². The molecule has 0 spiro atoms. The quantitative estimate of drug-likeness (QED) is 0.0222. The molecule has 0 aromatic carbocycles. The molecular formula is C80H156O17P2. The van der Waals surface area contributed by atoms with Crippen molar-refractivity contribution in [2.45, 2.75) is 445 Å². The molecule has 5 atom stereocenters. The van der Waals surface area contributed by atoms with Gasteiger partial charge in [0.05, 0.1) is 26.4 Å². The average Bonchev–Trinajstić information content (AvgIpc) is 1.09. The lowest BCUT2D eigenvalue weighted by molar-refractivity contribution is -0.161. The maximum absolute atomic E-state index is 13.1. The summed E-state index contributed by atoms with van der Waals surface area (Å²) in [5.41, 5.74) is 0. The Morgan fingerprint density at radius 3 is 0.687 bits per heavy atom. The minimum Gasteiger partial charge on any atom is -0.462 e. The van der Waals surface area contributed by atoms with E-state index in [1.54, 1.807) is 0 Å². The van der Waals surface area contributed by atoms with E-state index < -0.39 is 97.5 Å². The number of rotatable bonds is 80. The lowest BCUT2D eigenvalue weighted by Crippen LogP contribution is -2.30. The first-order valence-corrected chi connectivity index (χ1v) is 44.6. The standard InChI is InChI=1S/C80H156O17P2/c1-6-9-12-15-18-21-24-27-29-31-32-33-35-37-39-42-45-50-56-61-66-80(85)96-75(69-90-77(82)63-58-53-48-43-41-38-36-34-30-28-25-22-19-16-13-10-7-2)71-94-98(86,87)92-67-74(81)68-93-99(88,89)95-72-76(70-91-78(83)64-59-54-51-46-47-52-57-62-73(4)5)97-79(84)65-60-55-49-44-40-26-23-20-17-14-11-8-3/h73-76,81H,6-72H2,1-5H3,(H,86,87)(H,88,89)/t74-,75-,76-/m1/s1. The monoisotopic (exact) mass is 1450 g/mol. The van der Waals surface area contributed by atoms with E-state index in [4.69, 9.17) is 37.0 Å². The Morgan fingerprint density at radius 2 is 0.465 bits per heavy atom. The molecule has 3 N–H and O–H groups in total. The zero-order valence-corrected chi connectivity index (χ0v) is 66.4. The first-order valence-electron chi connectivity index (χ1n) is 41.6. The lowest BCUT2D eigenvalue weighted by atomic mass is 10.0. The fourth-order valence-corrected chi connectivity index (χ4v) is 14.0. The molecule has 0 aliphatic heterocycles. The van der Waals surface area contributed by atoms with Crippen molar-refractivity contribution in [3.8, 4) is 0 Å². The SMILES string of the molecule is CCCCCCCCCCCCCCCCCCCCCCC(=O)O[C@H](COC(=O)CCCCCCCCCCCCCCCCCCC)COP(=O)(O)OC[C@@H](O)COP(=O)(O)OC[C@@H](COC(=O)CCCCCCCCCC(C)C)OC(=O)CCCCCCCCCCCCCC. The van der Waals surface area contributed by atoms with Crippen molar-refractivity contribution < 1.29 is 80.2 Å². The Morgan fingerprint density at radius 1 is 0.273 bits per heavy atom. The van der Waals surface area contributed by atoms with Gasteiger partial charge in [0.25, 0.3) is 0 Å². The Hall–Kier alpha value is -1.94. The molecule has 0 aliphatic carbocycles. The maximum atomic E-state index is 13.1. The van der Waals surface area contributed by atoms with Gasteiger partial charge in [0, 0.05) is 25.7 Å². The predicted octanol–water partition coefficient (Wildman–Crippen LogP) is 24.0. The number of unbranched alkanes of at least 4 members (excludes halogenated alkanes) is 52.